The number of carboxylic acids is 2. The van der Waals surface area contributed by atoms with Crippen LogP contribution in [0.25, 0.3) is 0 Å². The van der Waals surface area contributed by atoms with Gasteiger partial charge in [-0.1, -0.05) is 13.8 Å². The van der Waals surface area contributed by atoms with Gasteiger partial charge in [-0.05, 0) is 31.7 Å². The molecule has 0 saturated heterocycles. The number of carbonyl (C=O) groups is 4. The summed E-state index contributed by atoms with van der Waals surface area (Å²) < 4.78 is 0. The predicted octanol–water partition coefficient (Wildman–Crippen LogP) is -1.44. The minimum atomic E-state index is -1.22. The molecule has 8 N–H and O–H groups in total. The molecule has 0 aromatic heterocycles. The van der Waals surface area contributed by atoms with Gasteiger partial charge in [-0.2, -0.15) is 0 Å². The lowest BCUT2D eigenvalue weighted by Gasteiger charge is -2.24. The van der Waals surface area contributed by atoms with E-state index in [1.54, 1.807) is 13.8 Å². The van der Waals surface area contributed by atoms with Gasteiger partial charge in [0.1, 0.15) is 12.1 Å². The van der Waals surface area contributed by atoms with Gasteiger partial charge in [-0.25, -0.2) is 4.79 Å². The zero-order valence-corrected chi connectivity index (χ0v) is 15.6. The molecule has 0 rings (SSSR count). The van der Waals surface area contributed by atoms with Gasteiger partial charge in [-0.3, -0.25) is 25.4 Å². The van der Waals surface area contributed by atoms with Crippen LogP contribution in [0.2, 0.25) is 0 Å². The molecule has 11 heteroatoms. The summed E-state index contributed by atoms with van der Waals surface area (Å²) in [6, 6.07) is -2.09. The summed E-state index contributed by atoms with van der Waals surface area (Å²) >= 11 is 0. The van der Waals surface area contributed by atoms with Gasteiger partial charge in [0.15, 0.2) is 6.35 Å². The number of aliphatic hydroxyl groups is 1. The first-order chi connectivity index (χ1) is 12.5. The molecule has 0 heterocycles. The normalized spacial score (nSPS) is 14.3. The van der Waals surface area contributed by atoms with E-state index in [1.807, 2.05) is 0 Å². The molecule has 0 radical (unpaired) electrons. The van der Waals surface area contributed by atoms with E-state index >= 15 is 0 Å². The van der Waals surface area contributed by atoms with Crippen molar-refractivity contribution in [2.24, 2.45) is 11.7 Å². The molecule has 0 saturated carbocycles. The van der Waals surface area contributed by atoms with Gasteiger partial charge < -0.3 is 26.0 Å². The Morgan fingerprint density at radius 3 is 2.11 bits per heavy atom. The van der Waals surface area contributed by atoms with Crippen LogP contribution in [0, 0.1) is 5.92 Å². The lowest BCUT2D eigenvalue weighted by atomic mass is 10.0. The van der Waals surface area contributed by atoms with Gasteiger partial charge in [0.25, 0.3) is 0 Å². The number of aliphatic hydroxyl groups excluding tert-OH is 1. The molecule has 0 fully saturated rings. The highest BCUT2D eigenvalue weighted by Crippen LogP contribution is 2.06. The third-order valence-corrected chi connectivity index (χ3v) is 3.70. The quantitative estimate of drug-likeness (QED) is 0.137. The fourth-order valence-electron chi connectivity index (χ4n) is 2.26. The van der Waals surface area contributed by atoms with Crippen LogP contribution in [0.1, 0.15) is 46.0 Å². The number of carboxylic acid groups (broad SMARTS) is 2. The molecule has 0 aliphatic heterocycles. The number of nitrogens with two attached hydrogens (primary N) is 1. The maximum absolute atomic E-state index is 12.4. The van der Waals surface area contributed by atoms with Crippen LogP contribution in [0.5, 0.6) is 0 Å². The molecule has 1 unspecified atom stereocenters. The van der Waals surface area contributed by atoms with Gasteiger partial charge in [0.05, 0.1) is 0 Å². The second-order valence-corrected chi connectivity index (χ2v) is 6.48. The third kappa shape index (κ3) is 11.9. The molecule has 156 valence electrons. The van der Waals surface area contributed by atoms with E-state index in [4.69, 9.17) is 15.9 Å². The van der Waals surface area contributed by atoms with E-state index in [9.17, 15) is 24.3 Å². The molecule has 0 aromatic carbocycles. The molecule has 0 aromatic rings. The first-order valence-electron chi connectivity index (χ1n) is 8.76. The average Bonchev–Trinajstić information content (AvgIpc) is 2.54. The molecule has 0 bridgehead atoms. The maximum Gasteiger partial charge on any atom is 0.326 e. The van der Waals surface area contributed by atoms with Crippen LogP contribution >= 0.6 is 0 Å². The first kappa shape index (κ1) is 24.8. The Morgan fingerprint density at radius 2 is 1.63 bits per heavy atom. The van der Waals surface area contributed by atoms with Gasteiger partial charge in [-0.15, -0.1) is 0 Å². The fourth-order valence-corrected chi connectivity index (χ4v) is 2.26. The predicted molar refractivity (Wildman–Crippen MR) is 95.3 cm³/mol. The Kier molecular flexibility index (Phi) is 11.9. The Bertz CT molecular complexity index is 511. The summed E-state index contributed by atoms with van der Waals surface area (Å²) in [7, 11) is 0. The lowest BCUT2D eigenvalue weighted by molar-refractivity contribution is -0.142. The molecule has 0 aliphatic carbocycles. The van der Waals surface area contributed by atoms with Crippen LogP contribution in [0.4, 0.5) is 0 Å². The average molecular weight is 390 g/mol. The van der Waals surface area contributed by atoms with E-state index in [2.05, 4.69) is 16.0 Å². The molecule has 0 spiro atoms. The van der Waals surface area contributed by atoms with E-state index in [0.29, 0.717) is 6.42 Å². The van der Waals surface area contributed by atoms with E-state index < -0.39 is 42.2 Å². The number of nitrogens with one attached hydrogen (secondary N) is 3. The SMILES string of the molecule is CC(C)[C@H](NC(=O)CCCC(=O)O)C(=O)N[C@@H](CCCNC(N)O)C(=O)O. The minimum absolute atomic E-state index is 0.0434. The second kappa shape index (κ2) is 13.0. The van der Waals surface area contributed by atoms with E-state index in [0.717, 1.165) is 0 Å². The zero-order valence-electron chi connectivity index (χ0n) is 15.6. The number of amides is 2. The van der Waals surface area contributed by atoms with E-state index in [-0.39, 0.29) is 38.1 Å². The highest BCUT2D eigenvalue weighted by Gasteiger charge is 2.28. The van der Waals surface area contributed by atoms with Crippen LogP contribution in [0.15, 0.2) is 0 Å². The van der Waals surface area contributed by atoms with Gasteiger partial charge in [0.2, 0.25) is 11.8 Å². The van der Waals surface area contributed by atoms with Crippen molar-refractivity contribution in [1.82, 2.24) is 16.0 Å². The summed E-state index contributed by atoms with van der Waals surface area (Å²) in [6.45, 7) is 3.67. The number of carbonyl (C=O) groups excluding carboxylic acids is 2. The first-order valence-corrected chi connectivity index (χ1v) is 8.76. The largest absolute Gasteiger partial charge is 0.481 e. The Hall–Kier alpha value is -2.24. The zero-order chi connectivity index (χ0) is 21.0. The summed E-state index contributed by atoms with van der Waals surface area (Å²) in [5.74, 6) is -3.63. The Labute approximate surface area is 157 Å². The third-order valence-electron chi connectivity index (χ3n) is 3.70. The minimum Gasteiger partial charge on any atom is -0.481 e. The highest BCUT2D eigenvalue weighted by atomic mass is 16.4. The van der Waals surface area contributed by atoms with Crippen molar-refractivity contribution in [3.63, 3.8) is 0 Å². The summed E-state index contributed by atoms with van der Waals surface area (Å²) in [5.41, 5.74) is 5.11. The molecule has 11 nitrogen and oxygen atoms in total. The lowest BCUT2D eigenvalue weighted by Crippen LogP contribution is -2.53. The molecule has 0 aliphatic rings. The Balaban J connectivity index is 4.65. The van der Waals surface area contributed by atoms with Crippen LogP contribution in [0.3, 0.4) is 0 Å². The number of aliphatic carboxylic acids is 2. The van der Waals surface area contributed by atoms with Gasteiger partial charge >= 0.3 is 11.9 Å². The Morgan fingerprint density at radius 1 is 1.00 bits per heavy atom. The standard InChI is InChI=1S/C16H30N4O7/c1-9(2)13(20-11(21)6-3-7-12(22)23)14(24)19-10(15(25)26)5-4-8-18-16(17)27/h9-10,13,16,18,27H,3-8,17H2,1-2H3,(H,19,24)(H,20,21)(H,22,23)(H,25,26)/t10-,13-,16?/m0/s1. The van der Waals surface area contributed by atoms with Crippen LogP contribution in [-0.2, 0) is 19.2 Å². The number of hydrogen-bond acceptors (Lipinski definition) is 7. The van der Waals surface area contributed by atoms with Crippen molar-refractivity contribution in [2.75, 3.05) is 6.54 Å². The molecule has 27 heavy (non-hydrogen) atoms. The highest BCUT2D eigenvalue weighted by molar-refractivity contribution is 5.90. The summed E-state index contributed by atoms with van der Waals surface area (Å²) in [6.07, 6.45) is -0.802. The van der Waals surface area contributed by atoms with Crippen molar-refractivity contribution < 1.29 is 34.5 Å². The molecule has 3 atom stereocenters. The monoisotopic (exact) mass is 390 g/mol. The number of rotatable bonds is 14. The fraction of sp³-hybridized carbons (Fsp3) is 0.750. The van der Waals surface area contributed by atoms with Crippen molar-refractivity contribution >= 4 is 23.8 Å². The number of hydrogen-bond donors (Lipinski definition) is 7. The van der Waals surface area contributed by atoms with Gasteiger partial charge in [0, 0.05) is 12.8 Å². The smallest absolute Gasteiger partial charge is 0.326 e. The maximum atomic E-state index is 12.4. The van der Waals surface area contributed by atoms with Crippen molar-refractivity contribution in [3.05, 3.63) is 0 Å². The van der Waals surface area contributed by atoms with Crippen LogP contribution < -0.4 is 21.7 Å². The van der Waals surface area contributed by atoms with Crippen LogP contribution in [-0.4, -0.2) is 64.1 Å². The van der Waals surface area contributed by atoms with Crippen molar-refractivity contribution in [1.29, 1.82) is 0 Å². The molecular weight excluding hydrogens is 360 g/mol. The summed E-state index contributed by atoms with van der Waals surface area (Å²) in [4.78, 5) is 46.1. The summed E-state index contributed by atoms with van der Waals surface area (Å²) in [5, 5.41) is 34.1. The van der Waals surface area contributed by atoms with Crippen molar-refractivity contribution in [2.45, 2.75) is 64.4 Å². The second-order valence-electron chi connectivity index (χ2n) is 6.48. The van der Waals surface area contributed by atoms with E-state index in [1.165, 1.54) is 0 Å². The molecular formula is C16H30N4O7. The molecule has 2 amide bonds. The van der Waals surface area contributed by atoms with Crippen molar-refractivity contribution in [3.8, 4) is 0 Å². The topological polar surface area (TPSA) is 191 Å².